The molecule has 0 N–H and O–H groups in total. The highest BCUT2D eigenvalue weighted by Crippen LogP contribution is 2.29. The van der Waals surface area contributed by atoms with E-state index in [1.54, 1.807) is 36.5 Å². The lowest BCUT2D eigenvalue weighted by molar-refractivity contribution is -0.134. The van der Waals surface area contributed by atoms with Crippen LogP contribution in [0.3, 0.4) is 0 Å². The smallest absolute Gasteiger partial charge is 0.336 e. The molecule has 1 aromatic heterocycles. The average molecular weight is 445 g/mol. The zero-order valence-corrected chi connectivity index (χ0v) is 18.3. The summed E-state index contributed by atoms with van der Waals surface area (Å²) >= 11 is 0. The number of hydrogen-bond acceptors (Lipinski definition) is 7. The Kier molecular flexibility index (Phi) is 8.36. The minimum atomic E-state index is -0.554. The van der Waals surface area contributed by atoms with Crippen molar-refractivity contribution in [3.8, 4) is 17.2 Å². The molecule has 33 heavy (non-hydrogen) atoms. The second-order valence-corrected chi connectivity index (χ2v) is 6.70. The van der Waals surface area contributed by atoms with Crippen molar-refractivity contribution >= 4 is 24.1 Å². The SMILES string of the molecule is COC(=O)/C=C/c1ccc(OC(=O)/C=C/c2ccc(OCc3ccccn3)cc2)c(OC)c1. The summed E-state index contributed by atoms with van der Waals surface area (Å²) in [5.74, 6) is 0.300. The van der Waals surface area contributed by atoms with Gasteiger partial charge in [0.25, 0.3) is 0 Å². The van der Waals surface area contributed by atoms with Crippen molar-refractivity contribution in [1.29, 1.82) is 0 Å². The van der Waals surface area contributed by atoms with E-state index in [4.69, 9.17) is 14.2 Å². The number of aromatic nitrogens is 1. The van der Waals surface area contributed by atoms with Crippen molar-refractivity contribution in [3.63, 3.8) is 0 Å². The molecule has 0 radical (unpaired) electrons. The molecule has 7 nitrogen and oxygen atoms in total. The maximum Gasteiger partial charge on any atom is 0.336 e. The molecule has 168 valence electrons. The van der Waals surface area contributed by atoms with Crippen LogP contribution < -0.4 is 14.2 Å². The monoisotopic (exact) mass is 445 g/mol. The van der Waals surface area contributed by atoms with Gasteiger partial charge in [-0.3, -0.25) is 4.98 Å². The third-order valence-electron chi connectivity index (χ3n) is 4.42. The fraction of sp³-hybridized carbons (Fsp3) is 0.115. The second kappa shape index (κ2) is 11.9. The first-order valence-electron chi connectivity index (χ1n) is 10.0. The molecule has 3 aromatic rings. The van der Waals surface area contributed by atoms with Crippen LogP contribution in [0.1, 0.15) is 16.8 Å². The number of benzene rings is 2. The normalized spacial score (nSPS) is 10.8. The van der Waals surface area contributed by atoms with Crippen LogP contribution in [0.5, 0.6) is 17.2 Å². The summed E-state index contributed by atoms with van der Waals surface area (Å²) in [7, 11) is 2.77. The molecule has 0 amide bonds. The summed E-state index contributed by atoms with van der Waals surface area (Å²) in [5.41, 5.74) is 2.34. The topological polar surface area (TPSA) is 84.0 Å². The first-order chi connectivity index (χ1) is 16.1. The van der Waals surface area contributed by atoms with Gasteiger partial charge in [-0.15, -0.1) is 0 Å². The minimum absolute atomic E-state index is 0.264. The molecule has 0 aliphatic rings. The molecule has 2 aromatic carbocycles. The van der Waals surface area contributed by atoms with Gasteiger partial charge in [0.2, 0.25) is 0 Å². The highest BCUT2D eigenvalue weighted by molar-refractivity contribution is 5.89. The number of methoxy groups -OCH3 is 2. The quantitative estimate of drug-likeness (QED) is 0.273. The number of esters is 2. The van der Waals surface area contributed by atoms with Crippen LogP contribution >= 0.6 is 0 Å². The van der Waals surface area contributed by atoms with Crippen LogP contribution in [-0.4, -0.2) is 31.1 Å². The largest absolute Gasteiger partial charge is 0.493 e. The van der Waals surface area contributed by atoms with Crippen LogP contribution in [0.4, 0.5) is 0 Å². The number of carbonyl (C=O) groups excluding carboxylic acids is 2. The number of rotatable bonds is 9. The van der Waals surface area contributed by atoms with E-state index in [0.29, 0.717) is 23.7 Å². The summed E-state index contributed by atoms with van der Waals surface area (Å²) < 4.78 is 20.9. The van der Waals surface area contributed by atoms with E-state index in [-0.39, 0.29) is 5.75 Å². The van der Waals surface area contributed by atoms with E-state index >= 15 is 0 Å². The van der Waals surface area contributed by atoms with E-state index in [1.807, 2.05) is 42.5 Å². The van der Waals surface area contributed by atoms with Crippen LogP contribution in [-0.2, 0) is 20.9 Å². The Morgan fingerprint density at radius 3 is 2.27 bits per heavy atom. The van der Waals surface area contributed by atoms with Gasteiger partial charge in [-0.05, 0) is 59.7 Å². The standard InChI is InChI=1S/C26H23NO6/c1-30-24-17-20(10-14-25(28)31-2)8-13-23(24)33-26(29)15-9-19-6-11-22(12-7-19)32-18-21-5-3-4-16-27-21/h3-17H,18H2,1-2H3/b14-10+,15-9+. The third kappa shape index (κ3) is 7.36. The Hall–Kier alpha value is -4.39. The van der Waals surface area contributed by atoms with Gasteiger partial charge in [0.15, 0.2) is 11.5 Å². The summed E-state index contributed by atoms with van der Waals surface area (Å²) in [6.45, 7) is 0.376. The zero-order chi connectivity index (χ0) is 23.5. The molecule has 0 saturated carbocycles. The van der Waals surface area contributed by atoms with E-state index in [9.17, 15) is 9.59 Å². The van der Waals surface area contributed by atoms with Crippen LogP contribution in [0.2, 0.25) is 0 Å². The van der Waals surface area contributed by atoms with Gasteiger partial charge < -0.3 is 18.9 Å². The van der Waals surface area contributed by atoms with Crippen LogP contribution in [0.15, 0.2) is 79.0 Å². The predicted molar refractivity (Wildman–Crippen MR) is 124 cm³/mol. The Morgan fingerprint density at radius 2 is 1.58 bits per heavy atom. The number of hydrogen-bond donors (Lipinski definition) is 0. The number of pyridine rings is 1. The molecule has 0 bridgehead atoms. The van der Waals surface area contributed by atoms with Gasteiger partial charge in [0.05, 0.1) is 19.9 Å². The van der Waals surface area contributed by atoms with Gasteiger partial charge in [-0.1, -0.05) is 24.3 Å². The highest BCUT2D eigenvalue weighted by atomic mass is 16.6. The Morgan fingerprint density at radius 1 is 0.848 bits per heavy atom. The Balaban J connectivity index is 1.57. The zero-order valence-electron chi connectivity index (χ0n) is 18.3. The van der Waals surface area contributed by atoms with Gasteiger partial charge in [-0.25, -0.2) is 9.59 Å². The van der Waals surface area contributed by atoms with Gasteiger partial charge in [-0.2, -0.15) is 0 Å². The molecule has 3 rings (SSSR count). The van der Waals surface area contributed by atoms with E-state index in [1.165, 1.54) is 26.4 Å². The van der Waals surface area contributed by atoms with Gasteiger partial charge >= 0.3 is 11.9 Å². The summed E-state index contributed by atoms with van der Waals surface area (Å²) in [6.07, 6.45) is 7.55. The second-order valence-electron chi connectivity index (χ2n) is 6.70. The number of carbonyl (C=O) groups is 2. The molecule has 0 aliphatic heterocycles. The predicted octanol–water partition coefficient (Wildman–Crippen LogP) is 4.47. The Bertz CT molecular complexity index is 1140. The first-order valence-corrected chi connectivity index (χ1v) is 10.0. The summed E-state index contributed by atoms with van der Waals surface area (Å²) in [6, 6.07) is 17.9. The molecule has 0 aliphatic carbocycles. The van der Waals surface area contributed by atoms with Crippen molar-refractivity contribution < 1.29 is 28.5 Å². The summed E-state index contributed by atoms with van der Waals surface area (Å²) in [5, 5.41) is 0. The fourth-order valence-electron chi connectivity index (χ4n) is 2.73. The molecular formula is C26H23NO6. The van der Waals surface area contributed by atoms with Crippen LogP contribution in [0.25, 0.3) is 12.2 Å². The van der Waals surface area contributed by atoms with E-state index in [2.05, 4.69) is 9.72 Å². The van der Waals surface area contributed by atoms with E-state index in [0.717, 1.165) is 11.3 Å². The minimum Gasteiger partial charge on any atom is -0.493 e. The molecule has 0 spiro atoms. The molecule has 0 atom stereocenters. The van der Waals surface area contributed by atoms with Gasteiger partial charge in [0, 0.05) is 18.3 Å². The van der Waals surface area contributed by atoms with Crippen LogP contribution in [0, 0.1) is 0 Å². The fourth-order valence-corrected chi connectivity index (χ4v) is 2.73. The molecule has 0 saturated heterocycles. The van der Waals surface area contributed by atoms with Crippen molar-refractivity contribution in [3.05, 3.63) is 95.8 Å². The lowest BCUT2D eigenvalue weighted by Crippen LogP contribution is -2.05. The molecule has 7 heteroatoms. The molecular weight excluding hydrogens is 422 g/mol. The maximum atomic E-state index is 12.2. The van der Waals surface area contributed by atoms with E-state index < -0.39 is 11.9 Å². The van der Waals surface area contributed by atoms with Crippen molar-refractivity contribution in [2.24, 2.45) is 0 Å². The van der Waals surface area contributed by atoms with Gasteiger partial charge in [0.1, 0.15) is 12.4 Å². The third-order valence-corrected chi connectivity index (χ3v) is 4.42. The van der Waals surface area contributed by atoms with Crippen molar-refractivity contribution in [1.82, 2.24) is 4.98 Å². The lowest BCUT2D eigenvalue weighted by Gasteiger charge is -2.08. The van der Waals surface area contributed by atoms with Crippen molar-refractivity contribution in [2.45, 2.75) is 6.61 Å². The number of ether oxygens (including phenoxy) is 4. The lowest BCUT2D eigenvalue weighted by atomic mass is 10.2. The molecule has 0 fully saturated rings. The number of nitrogens with zero attached hydrogens (tertiary/aromatic N) is 1. The van der Waals surface area contributed by atoms with Crippen molar-refractivity contribution in [2.75, 3.05) is 14.2 Å². The first kappa shape index (κ1) is 23.3. The average Bonchev–Trinajstić information content (AvgIpc) is 2.86. The molecule has 0 unspecified atom stereocenters. The summed E-state index contributed by atoms with van der Waals surface area (Å²) in [4.78, 5) is 27.7. The maximum absolute atomic E-state index is 12.2. The highest BCUT2D eigenvalue weighted by Gasteiger charge is 2.09. The Labute approximate surface area is 191 Å². The molecule has 1 heterocycles.